The Kier molecular flexibility index (Phi) is 5.87. The molecule has 146 valence electrons. The van der Waals surface area contributed by atoms with Gasteiger partial charge in [-0.1, -0.05) is 19.9 Å². The summed E-state index contributed by atoms with van der Waals surface area (Å²) in [5.74, 6) is -1.76. The highest BCUT2D eigenvalue weighted by atomic mass is 19.4. The quantitative estimate of drug-likeness (QED) is 0.795. The standard InChI is InChI=1S/C17H20F3N5O2/c1-9(2)14-12(8-25(4)24-14)23-16(27)15(26)22-10(3)11-5-6-13(21-7-11)17(18,19)20/h5-10H,1-4H3,(H,22,26)(H,23,27)/t10-/m0/s1. The van der Waals surface area contributed by atoms with Crippen molar-refractivity contribution < 1.29 is 22.8 Å². The topological polar surface area (TPSA) is 88.9 Å². The van der Waals surface area contributed by atoms with E-state index in [-0.39, 0.29) is 5.92 Å². The molecule has 0 aliphatic rings. The van der Waals surface area contributed by atoms with Gasteiger partial charge in [-0.2, -0.15) is 18.3 Å². The number of pyridine rings is 1. The van der Waals surface area contributed by atoms with Gasteiger partial charge in [-0.05, 0) is 24.5 Å². The monoisotopic (exact) mass is 383 g/mol. The number of nitrogens with zero attached hydrogens (tertiary/aromatic N) is 3. The predicted octanol–water partition coefficient (Wildman–Crippen LogP) is 2.77. The van der Waals surface area contributed by atoms with Crippen LogP contribution >= 0.6 is 0 Å². The summed E-state index contributed by atoms with van der Waals surface area (Å²) in [6, 6.07) is 1.33. The summed E-state index contributed by atoms with van der Waals surface area (Å²) >= 11 is 0. The Balaban J connectivity index is 2.03. The molecule has 2 N–H and O–H groups in total. The number of anilines is 1. The number of carbonyl (C=O) groups is 2. The van der Waals surface area contributed by atoms with Gasteiger partial charge in [0.25, 0.3) is 0 Å². The lowest BCUT2D eigenvalue weighted by molar-refractivity contribution is -0.141. The predicted molar refractivity (Wildman–Crippen MR) is 91.7 cm³/mol. The van der Waals surface area contributed by atoms with E-state index in [2.05, 4.69) is 20.7 Å². The Bertz CT molecular complexity index is 828. The maximum absolute atomic E-state index is 12.5. The first-order valence-electron chi connectivity index (χ1n) is 8.17. The number of hydrogen-bond donors (Lipinski definition) is 2. The van der Waals surface area contributed by atoms with Crippen molar-refractivity contribution in [3.8, 4) is 0 Å². The maximum atomic E-state index is 12.5. The smallest absolute Gasteiger partial charge is 0.341 e. The van der Waals surface area contributed by atoms with E-state index in [0.717, 1.165) is 12.3 Å². The summed E-state index contributed by atoms with van der Waals surface area (Å²) in [5.41, 5.74) is 0.379. The van der Waals surface area contributed by atoms with Crippen LogP contribution in [0.2, 0.25) is 0 Å². The summed E-state index contributed by atoms with van der Waals surface area (Å²) < 4.78 is 39.2. The molecule has 10 heteroatoms. The zero-order chi connectivity index (χ0) is 20.4. The fraction of sp³-hybridized carbons (Fsp3) is 0.412. The Labute approximate surface area is 154 Å². The van der Waals surface area contributed by atoms with Crippen LogP contribution in [0.5, 0.6) is 0 Å². The van der Waals surface area contributed by atoms with Gasteiger partial charge in [0.2, 0.25) is 0 Å². The van der Waals surface area contributed by atoms with Crippen molar-refractivity contribution in [2.24, 2.45) is 7.05 Å². The van der Waals surface area contributed by atoms with Crippen LogP contribution in [-0.4, -0.2) is 26.6 Å². The third-order valence-electron chi connectivity index (χ3n) is 3.78. The summed E-state index contributed by atoms with van der Waals surface area (Å²) in [7, 11) is 1.70. The van der Waals surface area contributed by atoms with Gasteiger partial charge in [0.15, 0.2) is 0 Å². The van der Waals surface area contributed by atoms with Gasteiger partial charge in [-0.3, -0.25) is 19.3 Å². The van der Waals surface area contributed by atoms with Crippen LogP contribution in [0.15, 0.2) is 24.5 Å². The summed E-state index contributed by atoms with van der Waals surface area (Å²) in [6.07, 6.45) is -1.93. The Morgan fingerprint density at radius 1 is 1.15 bits per heavy atom. The van der Waals surface area contributed by atoms with Crippen molar-refractivity contribution in [2.45, 2.75) is 38.9 Å². The highest BCUT2D eigenvalue weighted by Crippen LogP contribution is 2.28. The molecule has 0 aliphatic heterocycles. The normalized spacial score (nSPS) is 12.7. The van der Waals surface area contributed by atoms with Crippen molar-refractivity contribution >= 4 is 17.5 Å². The Hall–Kier alpha value is -2.91. The number of rotatable bonds is 4. The van der Waals surface area contributed by atoms with E-state index in [9.17, 15) is 22.8 Å². The zero-order valence-corrected chi connectivity index (χ0v) is 15.3. The van der Waals surface area contributed by atoms with Crippen molar-refractivity contribution in [2.75, 3.05) is 5.32 Å². The molecule has 0 saturated heterocycles. The van der Waals surface area contributed by atoms with Gasteiger partial charge in [0.1, 0.15) is 5.69 Å². The Morgan fingerprint density at radius 2 is 1.81 bits per heavy atom. The van der Waals surface area contributed by atoms with Gasteiger partial charge in [-0.15, -0.1) is 0 Å². The average Bonchev–Trinajstić information content (AvgIpc) is 2.94. The van der Waals surface area contributed by atoms with E-state index in [4.69, 9.17) is 0 Å². The van der Waals surface area contributed by atoms with E-state index in [1.165, 1.54) is 10.7 Å². The SMILES string of the molecule is CC(C)c1nn(C)cc1NC(=O)C(=O)N[C@@H](C)c1ccc(C(F)(F)F)nc1. The highest BCUT2D eigenvalue weighted by Gasteiger charge is 2.32. The second-order valence-corrected chi connectivity index (χ2v) is 6.38. The maximum Gasteiger partial charge on any atom is 0.433 e. The van der Waals surface area contributed by atoms with E-state index in [0.29, 0.717) is 16.9 Å². The number of carbonyl (C=O) groups excluding carboxylic acids is 2. The molecular weight excluding hydrogens is 363 g/mol. The number of nitrogens with one attached hydrogen (secondary N) is 2. The molecule has 0 radical (unpaired) electrons. The first-order chi connectivity index (χ1) is 12.5. The van der Waals surface area contributed by atoms with Crippen LogP contribution in [0.3, 0.4) is 0 Å². The first-order valence-corrected chi connectivity index (χ1v) is 8.17. The molecule has 2 amide bonds. The molecule has 2 aromatic heterocycles. The van der Waals surface area contributed by atoms with Crippen LogP contribution < -0.4 is 10.6 Å². The minimum atomic E-state index is -4.54. The number of hydrogen-bond acceptors (Lipinski definition) is 4. The lowest BCUT2D eigenvalue weighted by Crippen LogP contribution is -2.37. The largest absolute Gasteiger partial charge is 0.433 e. The molecular formula is C17H20F3N5O2. The molecule has 2 aromatic rings. The molecule has 0 saturated carbocycles. The van der Waals surface area contributed by atoms with Crippen LogP contribution in [-0.2, 0) is 22.8 Å². The molecule has 0 bridgehead atoms. The number of halogens is 3. The van der Waals surface area contributed by atoms with Crippen LogP contribution in [0, 0.1) is 0 Å². The summed E-state index contributed by atoms with van der Waals surface area (Å²) in [6.45, 7) is 5.34. The molecule has 27 heavy (non-hydrogen) atoms. The van der Waals surface area contributed by atoms with Gasteiger partial charge in [-0.25, -0.2) is 0 Å². The third-order valence-corrected chi connectivity index (χ3v) is 3.78. The van der Waals surface area contributed by atoms with Gasteiger partial charge < -0.3 is 10.6 Å². The fourth-order valence-electron chi connectivity index (χ4n) is 2.38. The van der Waals surface area contributed by atoms with Gasteiger partial charge in [0.05, 0.1) is 17.4 Å². The summed E-state index contributed by atoms with van der Waals surface area (Å²) in [4.78, 5) is 27.6. The molecule has 0 aliphatic carbocycles. The van der Waals surface area contributed by atoms with Crippen molar-refractivity contribution in [1.29, 1.82) is 0 Å². The van der Waals surface area contributed by atoms with Crippen LogP contribution in [0.4, 0.5) is 18.9 Å². The first kappa shape index (κ1) is 20.4. The molecule has 0 aromatic carbocycles. The minimum absolute atomic E-state index is 0.0432. The molecule has 2 heterocycles. The lowest BCUT2D eigenvalue weighted by Gasteiger charge is -2.15. The molecule has 0 unspecified atom stereocenters. The van der Waals surface area contributed by atoms with Crippen LogP contribution in [0.1, 0.15) is 49.7 Å². The number of aromatic nitrogens is 3. The molecule has 0 fully saturated rings. The molecule has 0 spiro atoms. The molecule has 1 atom stereocenters. The van der Waals surface area contributed by atoms with Crippen LogP contribution in [0.25, 0.3) is 0 Å². The van der Waals surface area contributed by atoms with Crippen molar-refractivity contribution in [1.82, 2.24) is 20.1 Å². The van der Waals surface area contributed by atoms with E-state index >= 15 is 0 Å². The lowest BCUT2D eigenvalue weighted by atomic mass is 10.1. The van der Waals surface area contributed by atoms with Crippen molar-refractivity contribution in [3.05, 3.63) is 41.5 Å². The second kappa shape index (κ2) is 7.77. The third kappa shape index (κ3) is 5.05. The van der Waals surface area contributed by atoms with E-state index in [1.54, 1.807) is 20.2 Å². The van der Waals surface area contributed by atoms with E-state index < -0.39 is 29.7 Å². The zero-order valence-electron chi connectivity index (χ0n) is 15.3. The Morgan fingerprint density at radius 3 is 2.33 bits per heavy atom. The van der Waals surface area contributed by atoms with Gasteiger partial charge >= 0.3 is 18.0 Å². The minimum Gasteiger partial charge on any atom is -0.341 e. The number of alkyl halides is 3. The molecule has 2 rings (SSSR count). The second-order valence-electron chi connectivity index (χ2n) is 6.38. The highest BCUT2D eigenvalue weighted by molar-refractivity contribution is 6.39. The van der Waals surface area contributed by atoms with Crippen molar-refractivity contribution in [3.63, 3.8) is 0 Å². The van der Waals surface area contributed by atoms with Gasteiger partial charge in [0, 0.05) is 19.4 Å². The number of amides is 2. The average molecular weight is 383 g/mol. The fourth-order valence-corrected chi connectivity index (χ4v) is 2.38. The number of aryl methyl sites for hydroxylation is 1. The summed E-state index contributed by atoms with van der Waals surface area (Å²) in [5, 5.41) is 9.16. The molecule has 7 nitrogen and oxygen atoms in total. The van der Waals surface area contributed by atoms with E-state index in [1.807, 2.05) is 13.8 Å².